The van der Waals surface area contributed by atoms with Gasteiger partial charge < -0.3 is 9.47 Å². The SMILES string of the molecule is C=C(CC)CC(=O)COCCOC. The topological polar surface area (TPSA) is 35.5 Å². The molecule has 3 heteroatoms. The third-order valence-corrected chi connectivity index (χ3v) is 1.64. The minimum Gasteiger partial charge on any atom is -0.382 e. The van der Waals surface area contributed by atoms with E-state index in [9.17, 15) is 4.79 Å². The lowest BCUT2D eigenvalue weighted by Crippen LogP contribution is -2.12. The van der Waals surface area contributed by atoms with Crippen molar-refractivity contribution in [1.82, 2.24) is 0 Å². The number of allylic oxidation sites excluding steroid dienone is 1. The minimum absolute atomic E-state index is 0.0861. The average Bonchev–Trinajstić information content (AvgIpc) is 2.12. The normalized spacial score (nSPS) is 10.0. The van der Waals surface area contributed by atoms with Gasteiger partial charge in [0.25, 0.3) is 0 Å². The van der Waals surface area contributed by atoms with Gasteiger partial charge >= 0.3 is 0 Å². The van der Waals surface area contributed by atoms with E-state index in [2.05, 4.69) is 6.58 Å². The second kappa shape index (κ2) is 7.95. The lowest BCUT2D eigenvalue weighted by Gasteiger charge is -2.03. The molecule has 0 radical (unpaired) electrons. The predicted octanol–water partition coefficient (Wildman–Crippen LogP) is 1.57. The van der Waals surface area contributed by atoms with Crippen LogP contribution in [0.15, 0.2) is 12.2 Å². The summed E-state index contributed by atoms with van der Waals surface area (Å²) in [4.78, 5) is 11.1. The zero-order chi connectivity index (χ0) is 10.1. The molecule has 0 aromatic carbocycles. The lowest BCUT2D eigenvalue weighted by molar-refractivity contribution is -0.123. The van der Waals surface area contributed by atoms with Crippen molar-refractivity contribution in [3.05, 3.63) is 12.2 Å². The van der Waals surface area contributed by atoms with Crippen molar-refractivity contribution in [3.63, 3.8) is 0 Å². The van der Waals surface area contributed by atoms with Crippen LogP contribution in [0.3, 0.4) is 0 Å². The highest BCUT2D eigenvalue weighted by molar-refractivity contribution is 5.81. The van der Waals surface area contributed by atoms with Gasteiger partial charge in [0.1, 0.15) is 6.61 Å². The number of carbonyl (C=O) groups is 1. The van der Waals surface area contributed by atoms with Gasteiger partial charge in [-0.3, -0.25) is 4.79 Å². The second-order valence-corrected chi connectivity index (χ2v) is 2.86. The molecule has 0 atom stereocenters. The Bertz CT molecular complexity index is 164. The number of methoxy groups -OCH3 is 1. The molecule has 0 fully saturated rings. The minimum atomic E-state index is 0.0861. The highest BCUT2D eigenvalue weighted by Gasteiger charge is 2.02. The van der Waals surface area contributed by atoms with Gasteiger partial charge in [-0.15, -0.1) is 0 Å². The van der Waals surface area contributed by atoms with Crippen molar-refractivity contribution in [2.75, 3.05) is 26.9 Å². The highest BCUT2D eigenvalue weighted by atomic mass is 16.5. The third-order valence-electron chi connectivity index (χ3n) is 1.64. The fourth-order valence-corrected chi connectivity index (χ4v) is 0.783. The monoisotopic (exact) mass is 186 g/mol. The summed E-state index contributed by atoms with van der Waals surface area (Å²) in [5.41, 5.74) is 0.959. The molecule has 0 aliphatic rings. The lowest BCUT2D eigenvalue weighted by atomic mass is 10.1. The van der Waals surface area contributed by atoms with Gasteiger partial charge in [0, 0.05) is 13.5 Å². The van der Waals surface area contributed by atoms with Gasteiger partial charge in [0.05, 0.1) is 13.2 Å². The van der Waals surface area contributed by atoms with E-state index in [0.717, 1.165) is 12.0 Å². The molecule has 0 saturated carbocycles. The molecule has 0 N–H and O–H groups in total. The second-order valence-electron chi connectivity index (χ2n) is 2.86. The fourth-order valence-electron chi connectivity index (χ4n) is 0.783. The van der Waals surface area contributed by atoms with Gasteiger partial charge in [-0.25, -0.2) is 0 Å². The van der Waals surface area contributed by atoms with Crippen LogP contribution in [0, 0.1) is 0 Å². The zero-order valence-electron chi connectivity index (χ0n) is 8.47. The quantitative estimate of drug-likeness (QED) is 0.426. The van der Waals surface area contributed by atoms with Crippen LogP contribution in [0.1, 0.15) is 19.8 Å². The van der Waals surface area contributed by atoms with E-state index >= 15 is 0 Å². The zero-order valence-corrected chi connectivity index (χ0v) is 8.47. The number of ketones is 1. The van der Waals surface area contributed by atoms with E-state index < -0.39 is 0 Å². The molecule has 0 heterocycles. The Balaban J connectivity index is 3.35. The molecule has 0 aromatic rings. The van der Waals surface area contributed by atoms with E-state index in [1.54, 1.807) is 7.11 Å². The molecule has 3 nitrogen and oxygen atoms in total. The smallest absolute Gasteiger partial charge is 0.162 e. The molecule has 13 heavy (non-hydrogen) atoms. The molecule has 0 aliphatic heterocycles. The average molecular weight is 186 g/mol. The highest BCUT2D eigenvalue weighted by Crippen LogP contribution is 2.03. The number of ether oxygens (including phenoxy) is 2. The summed E-state index contributed by atoms with van der Waals surface area (Å²) in [6.07, 6.45) is 1.29. The molecule has 0 aromatic heterocycles. The standard InChI is InChI=1S/C10H18O3/c1-4-9(2)7-10(11)8-13-6-5-12-3/h2,4-8H2,1,3H3. The van der Waals surface area contributed by atoms with Crippen LogP contribution in [0.4, 0.5) is 0 Å². The molecular formula is C10H18O3. The van der Waals surface area contributed by atoms with Crippen LogP contribution >= 0.6 is 0 Å². The van der Waals surface area contributed by atoms with Crippen LogP contribution < -0.4 is 0 Å². The summed E-state index contributed by atoms with van der Waals surface area (Å²) < 4.78 is 9.84. The van der Waals surface area contributed by atoms with Crippen LogP contribution in [-0.4, -0.2) is 32.7 Å². The molecule has 0 unspecified atom stereocenters. The molecule has 0 saturated heterocycles. The number of carbonyl (C=O) groups excluding carboxylic acids is 1. The maximum Gasteiger partial charge on any atom is 0.162 e. The Hall–Kier alpha value is -0.670. The van der Waals surface area contributed by atoms with Crippen LogP contribution in [-0.2, 0) is 14.3 Å². The van der Waals surface area contributed by atoms with Gasteiger partial charge in [-0.05, 0) is 6.42 Å². The van der Waals surface area contributed by atoms with E-state index in [-0.39, 0.29) is 12.4 Å². The van der Waals surface area contributed by atoms with Crippen LogP contribution in [0.5, 0.6) is 0 Å². The summed E-state index contributed by atoms with van der Waals surface area (Å²) in [5, 5.41) is 0. The van der Waals surface area contributed by atoms with Gasteiger partial charge in [0.15, 0.2) is 5.78 Å². The number of rotatable bonds is 8. The summed E-state index contributed by atoms with van der Waals surface area (Å²) in [6, 6.07) is 0. The molecule has 0 amide bonds. The van der Waals surface area contributed by atoms with Gasteiger partial charge in [-0.1, -0.05) is 19.1 Å². The number of hydrogen-bond donors (Lipinski definition) is 0. The van der Waals surface area contributed by atoms with Crippen molar-refractivity contribution in [2.45, 2.75) is 19.8 Å². The largest absolute Gasteiger partial charge is 0.382 e. The molecule has 0 rings (SSSR count). The summed E-state index contributed by atoms with van der Waals surface area (Å²) in [5.74, 6) is 0.0861. The Labute approximate surface area is 79.7 Å². The first kappa shape index (κ1) is 12.3. The first-order chi connectivity index (χ1) is 6.20. The van der Waals surface area contributed by atoms with Gasteiger partial charge in [0.2, 0.25) is 0 Å². The maximum absolute atomic E-state index is 11.1. The first-order valence-corrected chi connectivity index (χ1v) is 4.45. The summed E-state index contributed by atoms with van der Waals surface area (Å²) in [7, 11) is 1.60. The summed E-state index contributed by atoms with van der Waals surface area (Å²) >= 11 is 0. The van der Waals surface area contributed by atoms with Crippen molar-refractivity contribution < 1.29 is 14.3 Å². The third kappa shape index (κ3) is 7.68. The molecular weight excluding hydrogens is 168 g/mol. The molecule has 76 valence electrons. The number of hydrogen-bond acceptors (Lipinski definition) is 3. The van der Waals surface area contributed by atoms with E-state index in [1.807, 2.05) is 6.92 Å². The molecule has 0 aliphatic carbocycles. The first-order valence-electron chi connectivity index (χ1n) is 4.45. The Morgan fingerprint density at radius 1 is 1.38 bits per heavy atom. The maximum atomic E-state index is 11.1. The molecule has 0 spiro atoms. The van der Waals surface area contributed by atoms with Gasteiger partial charge in [-0.2, -0.15) is 0 Å². The predicted molar refractivity (Wildman–Crippen MR) is 51.8 cm³/mol. The van der Waals surface area contributed by atoms with Crippen LogP contribution in [0.25, 0.3) is 0 Å². The van der Waals surface area contributed by atoms with Crippen molar-refractivity contribution in [2.24, 2.45) is 0 Å². The molecule has 0 bridgehead atoms. The van der Waals surface area contributed by atoms with Crippen LogP contribution in [0.2, 0.25) is 0 Å². The van der Waals surface area contributed by atoms with Crippen molar-refractivity contribution in [1.29, 1.82) is 0 Å². The van der Waals surface area contributed by atoms with Crippen molar-refractivity contribution >= 4 is 5.78 Å². The van der Waals surface area contributed by atoms with Crippen molar-refractivity contribution in [3.8, 4) is 0 Å². The Morgan fingerprint density at radius 3 is 2.62 bits per heavy atom. The number of Topliss-reactive ketones (excluding diaryl/α,β-unsaturated/α-hetero) is 1. The Kier molecular flexibility index (Phi) is 7.54. The van der Waals surface area contributed by atoms with E-state index in [1.165, 1.54) is 0 Å². The summed E-state index contributed by atoms with van der Waals surface area (Å²) in [6.45, 7) is 6.92. The Morgan fingerprint density at radius 2 is 2.08 bits per heavy atom. The van der Waals surface area contributed by atoms with E-state index in [4.69, 9.17) is 9.47 Å². The van der Waals surface area contributed by atoms with E-state index in [0.29, 0.717) is 19.6 Å². The fraction of sp³-hybridized carbons (Fsp3) is 0.700.